The van der Waals surface area contributed by atoms with Crippen molar-refractivity contribution >= 4 is 18.7 Å². The number of hydrogen-bond donors (Lipinski definition) is 1. The number of carbonyl (C=O) groups excluding carboxylic acids is 1. The predicted octanol–water partition coefficient (Wildman–Crippen LogP) is 2.15. The Morgan fingerprint density at radius 1 is 1.23 bits per heavy atom. The lowest BCUT2D eigenvalue weighted by molar-refractivity contribution is 0.00578. The summed E-state index contributed by atoms with van der Waals surface area (Å²) in [7, 11) is 0.950. The molecule has 1 fully saturated rings. The van der Waals surface area contributed by atoms with Crippen molar-refractivity contribution in [1.82, 2.24) is 5.32 Å². The normalized spacial score (nSPS) is 19.1. The van der Waals surface area contributed by atoms with Gasteiger partial charge >= 0.3 is 13.2 Å². The van der Waals surface area contributed by atoms with Crippen molar-refractivity contribution in [3.8, 4) is 0 Å². The SMILES string of the molecule is COC(=O)NCc1cc(B2OC(C)(C)C(C)(C)O2)ccc1C. The standard InChI is InChI=1S/C16H24BNO4/c1-11-7-8-13(9-12(11)10-18-14(19)20-6)17-21-15(2,3)16(4,5)22-17/h7-9H,10H2,1-6H3,(H,18,19). The number of benzene rings is 1. The lowest BCUT2D eigenvalue weighted by atomic mass is 9.78. The highest BCUT2D eigenvalue weighted by molar-refractivity contribution is 6.62. The highest BCUT2D eigenvalue weighted by Gasteiger charge is 2.51. The van der Waals surface area contributed by atoms with Crippen molar-refractivity contribution in [3.63, 3.8) is 0 Å². The summed E-state index contributed by atoms with van der Waals surface area (Å²) in [6.45, 7) is 10.5. The van der Waals surface area contributed by atoms with Crippen molar-refractivity contribution in [2.45, 2.75) is 52.4 Å². The molecule has 0 atom stereocenters. The topological polar surface area (TPSA) is 56.8 Å². The molecule has 0 saturated carbocycles. The molecule has 0 radical (unpaired) electrons. The van der Waals surface area contributed by atoms with E-state index in [0.29, 0.717) is 6.54 Å². The van der Waals surface area contributed by atoms with Crippen LogP contribution in [-0.2, 0) is 20.6 Å². The maximum atomic E-state index is 11.2. The summed E-state index contributed by atoms with van der Waals surface area (Å²) in [5.74, 6) is 0. The summed E-state index contributed by atoms with van der Waals surface area (Å²) in [6, 6.07) is 6.02. The van der Waals surface area contributed by atoms with Crippen LogP contribution in [0.15, 0.2) is 18.2 Å². The highest BCUT2D eigenvalue weighted by Crippen LogP contribution is 2.36. The number of nitrogens with one attached hydrogen (secondary N) is 1. The highest BCUT2D eigenvalue weighted by atomic mass is 16.7. The van der Waals surface area contributed by atoms with Gasteiger partial charge in [0.1, 0.15) is 0 Å². The van der Waals surface area contributed by atoms with Crippen molar-refractivity contribution in [1.29, 1.82) is 0 Å². The molecule has 1 saturated heterocycles. The van der Waals surface area contributed by atoms with Gasteiger partial charge in [0.05, 0.1) is 18.3 Å². The molecule has 1 aliphatic rings. The molecular weight excluding hydrogens is 281 g/mol. The number of alkyl carbamates (subject to hydrolysis) is 1. The van der Waals surface area contributed by atoms with Crippen LogP contribution in [0.5, 0.6) is 0 Å². The van der Waals surface area contributed by atoms with Gasteiger partial charge in [-0.1, -0.05) is 18.2 Å². The molecule has 0 spiro atoms. The molecule has 1 aromatic rings. The minimum Gasteiger partial charge on any atom is -0.453 e. The second-order valence-corrected chi connectivity index (χ2v) is 6.62. The van der Waals surface area contributed by atoms with Crippen molar-refractivity contribution < 1.29 is 18.8 Å². The first-order chi connectivity index (χ1) is 10.2. The van der Waals surface area contributed by atoms with Crippen LogP contribution in [-0.4, -0.2) is 31.5 Å². The number of hydrogen-bond acceptors (Lipinski definition) is 4. The second kappa shape index (κ2) is 5.93. The van der Waals surface area contributed by atoms with Gasteiger partial charge in [-0.15, -0.1) is 0 Å². The Labute approximate surface area is 132 Å². The molecule has 1 heterocycles. The zero-order valence-electron chi connectivity index (χ0n) is 14.1. The van der Waals surface area contributed by atoms with Gasteiger partial charge in [-0.2, -0.15) is 0 Å². The Bertz CT molecular complexity index is 555. The fourth-order valence-corrected chi connectivity index (χ4v) is 2.25. The monoisotopic (exact) mass is 305 g/mol. The lowest BCUT2D eigenvalue weighted by Gasteiger charge is -2.32. The van der Waals surface area contributed by atoms with Crippen molar-refractivity contribution in [2.75, 3.05) is 7.11 Å². The van der Waals surface area contributed by atoms with E-state index >= 15 is 0 Å². The fourth-order valence-electron chi connectivity index (χ4n) is 2.25. The van der Waals surface area contributed by atoms with E-state index in [0.717, 1.165) is 16.6 Å². The van der Waals surface area contributed by atoms with Gasteiger partial charge < -0.3 is 19.4 Å². The average molecular weight is 305 g/mol. The van der Waals surface area contributed by atoms with Crippen LogP contribution in [0.2, 0.25) is 0 Å². The molecule has 0 unspecified atom stereocenters. The van der Waals surface area contributed by atoms with E-state index in [1.54, 1.807) is 0 Å². The third-order valence-corrected chi connectivity index (χ3v) is 4.51. The molecule has 1 N–H and O–H groups in total. The molecular formula is C16H24BNO4. The van der Waals surface area contributed by atoms with Crippen LogP contribution in [0.3, 0.4) is 0 Å². The van der Waals surface area contributed by atoms with Crippen LogP contribution < -0.4 is 10.8 Å². The molecule has 120 valence electrons. The van der Waals surface area contributed by atoms with Crippen molar-refractivity contribution in [3.05, 3.63) is 29.3 Å². The van der Waals surface area contributed by atoms with E-state index in [1.807, 2.05) is 52.8 Å². The van der Waals surface area contributed by atoms with E-state index < -0.39 is 13.2 Å². The molecule has 22 heavy (non-hydrogen) atoms. The molecule has 5 nitrogen and oxygen atoms in total. The first-order valence-corrected chi connectivity index (χ1v) is 7.43. The van der Waals surface area contributed by atoms with Crippen LogP contribution in [0.1, 0.15) is 38.8 Å². The van der Waals surface area contributed by atoms with Gasteiger partial charge in [0.2, 0.25) is 0 Å². The summed E-state index contributed by atoms with van der Waals surface area (Å²) in [5, 5.41) is 2.70. The van der Waals surface area contributed by atoms with Crippen LogP contribution in [0.25, 0.3) is 0 Å². The Morgan fingerprint density at radius 3 is 2.36 bits per heavy atom. The first-order valence-electron chi connectivity index (χ1n) is 7.43. The van der Waals surface area contributed by atoms with Gasteiger partial charge in [-0.25, -0.2) is 4.79 Å². The average Bonchev–Trinajstić information content (AvgIpc) is 2.66. The van der Waals surface area contributed by atoms with Gasteiger partial charge in [-0.05, 0) is 51.2 Å². The van der Waals surface area contributed by atoms with Gasteiger partial charge in [0.15, 0.2) is 0 Å². The summed E-state index contributed by atoms with van der Waals surface area (Å²) in [4.78, 5) is 11.2. The van der Waals surface area contributed by atoms with Crippen LogP contribution >= 0.6 is 0 Å². The first kappa shape index (κ1) is 16.8. The molecule has 0 bridgehead atoms. The quantitative estimate of drug-likeness (QED) is 0.869. The minimum absolute atomic E-state index is 0.368. The smallest absolute Gasteiger partial charge is 0.453 e. The lowest BCUT2D eigenvalue weighted by Crippen LogP contribution is -2.41. The fraction of sp³-hybridized carbons (Fsp3) is 0.562. The molecule has 6 heteroatoms. The van der Waals surface area contributed by atoms with Crippen molar-refractivity contribution in [2.24, 2.45) is 0 Å². The molecule has 1 aromatic carbocycles. The predicted molar refractivity (Wildman–Crippen MR) is 86.1 cm³/mol. The molecule has 0 aliphatic carbocycles. The summed E-state index contributed by atoms with van der Waals surface area (Å²) >= 11 is 0. The third kappa shape index (κ3) is 3.28. The number of aryl methyl sites for hydroxylation is 1. The zero-order valence-corrected chi connectivity index (χ0v) is 14.1. The second-order valence-electron chi connectivity index (χ2n) is 6.62. The van der Waals surface area contributed by atoms with Gasteiger partial charge in [0, 0.05) is 6.54 Å². The van der Waals surface area contributed by atoms with Gasteiger partial charge in [0.25, 0.3) is 0 Å². The summed E-state index contributed by atoms with van der Waals surface area (Å²) in [6.07, 6.45) is -0.444. The molecule has 0 aromatic heterocycles. The number of rotatable bonds is 3. The maximum Gasteiger partial charge on any atom is 0.494 e. The maximum absolute atomic E-state index is 11.2. The largest absolute Gasteiger partial charge is 0.494 e. The Morgan fingerprint density at radius 2 is 1.82 bits per heavy atom. The summed E-state index contributed by atoms with van der Waals surface area (Å²) in [5.41, 5.74) is 2.32. The number of amides is 1. The minimum atomic E-state index is -0.444. The van der Waals surface area contributed by atoms with Gasteiger partial charge in [-0.3, -0.25) is 0 Å². The van der Waals surface area contributed by atoms with E-state index in [1.165, 1.54) is 7.11 Å². The zero-order chi connectivity index (χ0) is 16.5. The van der Waals surface area contributed by atoms with E-state index in [4.69, 9.17) is 9.31 Å². The third-order valence-electron chi connectivity index (χ3n) is 4.51. The van der Waals surface area contributed by atoms with E-state index in [9.17, 15) is 4.79 Å². The number of carbonyl (C=O) groups is 1. The summed E-state index contributed by atoms with van der Waals surface area (Å²) < 4.78 is 16.7. The molecule has 1 aliphatic heterocycles. The van der Waals surface area contributed by atoms with E-state index in [2.05, 4.69) is 10.1 Å². The van der Waals surface area contributed by atoms with Crippen LogP contribution in [0.4, 0.5) is 4.79 Å². The molecule has 2 rings (SSSR count). The number of ether oxygens (including phenoxy) is 1. The molecule has 1 amide bonds. The van der Waals surface area contributed by atoms with Crippen LogP contribution in [0, 0.1) is 6.92 Å². The van der Waals surface area contributed by atoms with E-state index in [-0.39, 0.29) is 11.2 Å². The Kier molecular flexibility index (Phi) is 4.54. The Hall–Kier alpha value is -1.53. The Balaban J connectivity index is 2.18. The number of methoxy groups -OCH3 is 1.